The van der Waals surface area contributed by atoms with Gasteiger partial charge in [-0.3, -0.25) is 14.4 Å². The van der Waals surface area contributed by atoms with E-state index >= 15 is 0 Å². The third-order valence-electron chi connectivity index (χ3n) is 15.5. The van der Waals surface area contributed by atoms with Crippen LogP contribution in [-0.4, -0.2) is 137 Å². The van der Waals surface area contributed by atoms with Gasteiger partial charge in [0.15, 0.2) is 0 Å². The molecule has 15 nitrogen and oxygen atoms in total. The van der Waals surface area contributed by atoms with Crippen LogP contribution in [0, 0.1) is 29.6 Å². The fraction of sp³-hybridized carbons (Fsp3) is 0.636. The molecule has 1 aromatic heterocycles. The number of aliphatic hydroxyl groups is 3. The van der Waals surface area contributed by atoms with Crippen molar-refractivity contribution < 1.29 is 62.9 Å². The summed E-state index contributed by atoms with van der Waals surface area (Å²) in [5.41, 5.74) is 2.25. The first kappa shape index (κ1) is 54.8. The van der Waals surface area contributed by atoms with Crippen LogP contribution in [0.3, 0.4) is 0 Å². The van der Waals surface area contributed by atoms with Crippen molar-refractivity contribution in [3.05, 3.63) is 79.1 Å². The van der Waals surface area contributed by atoms with Gasteiger partial charge in [-0.1, -0.05) is 45.1 Å². The molecule has 0 radical (unpaired) electrons. The lowest BCUT2D eigenvalue weighted by atomic mass is 9.81. The monoisotopic (exact) mass is 975 g/mol. The average molecular weight is 975 g/mol. The topological polar surface area (TPSA) is 193 Å². The summed E-state index contributed by atoms with van der Waals surface area (Å²) in [6.07, 6.45) is 6.46. The van der Waals surface area contributed by atoms with Crippen LogP contribution in [-0.2, 0) is 49.4 Å². The summed E-state index contributed by atoms with van der Waals surface area (Å²) in [4.78, 5) is 58.8. The lowest BCUT2D eigenvalue weighted by molar-refractivity contribution is -0.302. The van der Waals surface area contributed by atoms with Crippen molar-refractivity contribution in [2.75, 3.05) is 27.9 Å². The molecule has 386 valence electrons. The molecule has 2 aromatic rings. The number of allylic oxidation sites excluding steroid dienone is 4. The number of fused-ring (bicyclic) bond motifs is 4. The molecular formula is C55H78N2O13. The van der Waals surface area contributed by atoms with Gasteiger partial charge in [-0.05, 0) is 119 Å². The normalized spacial score (nSPS) is 36.6. The Balaban J connectivity index is 1.32. The van der Waals surface area contributed by atoms with Crippen LogP contribution >= 0.6 is 0 Å². The summed E-state index contributed by atoms with van der Waals surface area (Å²) in [5.74, 6) is -8.14. The maximum atomic E-state index is 14.6. The van der Waals surface area contributed by atoms with Gasteiger partial charge < -0.3 is 53.2 Å². The van der Waals surface area contributed by atoms with Gasteiger partial charge in [0, 0.05) is 75.7 Å². The van der Waals surface area contributed by atoms with Crippen molar-refractivity contribution in [1.82, 2.24) is 9.47 Å². The summed E-state index contributed by atoms with van der Waals surface area (Å²) in [6.45, 7) is 17.2. The fourth-order valence-electron chi connectivity index (χ4n) is 11.2. The molecule has 4 aliphatic rings. The summed E-state index contributed by atoms with van der Waals surface area (Å²) in [7, 11) is 4.61. The fourth-order valence-corrected chi connectivity index (χ4v) is 11.2. The van der Waals surface area contributed by atoms with E-state index in [1.54, 1.807) is 40.0 Å². The molecule has 1 aromatic carbocycles. The Morgan fingerprint density at radius 1 is 0.900 bits per heavy atom. The van der Waals surface area contributed by atoms with E-state index in [1.165, 1.54) is 19.1 Å². The van der Waals surface area contributed by atoms with Gasteiger partial charge in [-0.2, -0.15) is 0 Å². The Morgan fingerprint density at radius 3 is 2.30 bits per heavy atom. The van der Waals surface area contributed by atoms with E-state index in [0.29, 0.717) is 43.4 Å². The zero-order chi connectivity index (χ0) is 51.0. The Kier molecular flexibility index (Phi) is 19.0. The number of esters is 1. The van der Waals surface area contributed by atoms with E-state index < -0.39 is 89.8 Å². The molecule has 3 fully saturated rings. The van der Waals surface area contributed by atoms with Gasteiger partial charge in [0.2, 0.25) is 5.79 Å². The van der Waals surface area contributed by atoms with Gasteiger partial charge in [-0.25, -0.2) is 4.79 Å². The summed E-state index contributed by atoms with van der Waals surface area (Å²) in [5, 5.41) is 36.8. The molecule has 6 rings (SSSR count). The molecule has 1 amide bonds. The Labute approximate surface area is 413 Å². The number of ether oxygens (including phenoxy) is 6. The highest BCUT2D eigenvalue weighted by Gasteiger charge is 2.57. The number of benzene rings is 1. The lowest BCUT2D eigenvalue weighted by Crippen LogP contribution is -2.64. The smallest absolute Gasteiger partial charge is 0.329 e. The highest BCUT2D eigenvalue weighted by atomic mass is 16.7. The van der Waals surface area contributed by atoms with Crippen LogP contribution < -0.4 is 4.74 Å². The molecule has 1 aliphatic carbocycles. The zero-order valence-electron chi connectivity index (χ0n) is 42.5. The molecule has 4 heterocycles. The molecule has 1 saturated carbocycles. The molecule has 0 spiro atoms. The van der Waals surface area contributed by atoms with Gasteiger partial charge in [0.1, 0.15) is 35.9 Å². The van der Waals surface area contributed by atoms with Crippen molar-refractivity contribution in [2.24, 2.45) is 29.6 Å². The predicted octanol–water partition coefficient (Wildman–Crippen LogP) is 6.84. The highest BCUT2D eigenvalue weighted by molar-refractivity contribution is 6.39. The van der Waals surface area contributed by atoms with Crippen molar-refractivity contribution in [3.63, 3.8) is 0 Å². The number of methoxy groups -OCH3 is 3. The Bertz CT molecular complexity index is 2230. The molecule has 2 bridgehead atoms. The summed E-state index contributed by atoms with van der Waals surface area (Å²) >= 11 is 0. The molecule has 15 unspecified atom stereocenters. The second-order valence-electron chi connectivity index (χ2n) is 20.3. The number of rotatable bonds is 11. The second kappa shape index (κ2) is 24.3. The molecule has 70 heavy (non-hydrogen) atoms. The number of amides is 1. The molecule has 3 N–H and O–H groups in total. The van der Waals surface area contributed by atoms with E-state index in [4.69, 9.17) is 28.4 Å². The molecule has 15 heteroatoms. The van der Waals surface area contributed by atoms with Crippen molar-refractivity contribution >= 4 is 34.3 Å². The predicted molar refractivity (Wildman–Crippen MR) is 265 cm³/mol. The standard InChI is InChI=1S/C55H78N2O13/c1-11-15-39-26-32(3)49(60)33(4)27-47(66-9)51-48(67-10)28-35(6)55(64,70-51)52(61)53(62)57-23-14-13-16-42(57)54(63)69-50(36(7)43(58)31-44(39)59)34(5)25-37-17-20-45(46(29-37)65-8)68-40-18-19-41-38(30-40)21-24-56(41)22-12-2/h11-12,18-19,21,24-26,30,33,35-37,39,42-43,45-51,58,60,64H,1-2,13-17,20,22-23,27-29,31H2,3-10H3/b32-26+,34-25?. The summed E-state index contributed by atoms with van der Waals surface area (Å²) < 4.78 is 39.0. The minimum Gasteiger partial charge on any atom is -0.488 e. The van der Waals surface area contributed by atoms with Crippen molar-refractivity contribution in [3.8, 4) is 5.75 Å². The maximum Gasteiger partial charge on any atom is 0.329 e. The van der Waals surface area contributed by atoms with E-state index in [2.05, 4.69) is 23.8 Å². The number of ketones is 2. The van der Waals surface area contributed by atoms with Crippen LogP contribution in [0.1, 0.15) is 98.8 Å². The first-order valence-corrected chi connectivity index (χ1v) is 25.2. The van der Waals surface area contributed by atoms with Gasteiger partial charge >= 0.3 is 5.97 Å². The van der Waals surface area contributed by atoms with Crippen LogP contribution in [0.25, 0.3) is 10.9 Å². The Morgan fingerprint density at radius 2 is 1.61 bits per heavy atom. The third-order valence-corrected chi connectivity index (χ3v) is 15.5. The molecule has 3 aliphatic heterocycles. The highest BCUT2D eigenvalue weighted by Crippen LogP contribution is 2.40. The number of aromatic nitrogens is 1. The van der Waals surface area contributed by atoms with Gasteiger partial charge in [0.25, 0.3) is 11.7 Å². The number of Topliss-reactive ketones (excluding diaryl/α,β-unsaturated/α-hetero) is 2. The molecule has 15 atom stereocenters. The van der Waals surface area contributed by atoms with Gasteiger partial charge in [0.05, 0.1) is 30.5 Å². The van der Waals surface area contributed by atoms with Crippen LogP contribution in [0.4, 0.5) is 0 Å². The average Bonchev–Trinajstić information content (AvgIpc) is 3.75. The minimum atomic E-state index is -2.59. The van der Waals surface area contributed by atoms with Crippen LogP contribution in [0.15, 0.2) is 79.1 Å². The van der Waals surface area contributed by atoms with E-state index in [1.807, 2.05) is 50.4 Å². The zero-order valence-corrected chi connectivity index (χ0v) is 42.5. The van der Waals surface area contributed by atoms with Crippen LogP contribution in [0.2, 0.25) is 0 Å². The number of carbonyl (C=O) groups excluding carboxylic acids is 4. The van der Waals surface area contributed by atoms with Crippen molar-refractivity contribution in [2.45, 2.75) is 166 Å². The van der Waals surface area contributed by atoms with E-state index in [0.717, 1.165) is 23.1 Å². The first-order chi connectivity index (χ1) is 33.4. The number of aliphatic hydroxyl groups excluding tert-OH is 2. The lowest BCUT2D eigenvalue weighted by Gasteiger charge is -2.47. The SMILES string of the molecule is C=CCC1/C=C(\C)C(O)C(C)CC(OC)C2OC(O)(C(=O)C(=O)N3CCCCC3C(=O)OC(C(C)=CC3CCC(Oc4ccc5c(ccn5CC=C)c4)C(OC)C3)C(C)C(O)CC1=O)C(C)CC2OC. The second-order valence-corrected chi connectivity index (χ2v) is 20.3. The number of hydrogen-bond donors (Lipinski definition) is 3. The molecule has 2 saturated heterocycles. The van der Waals surface area contributed by atoms with E-state index in [9.17, 15) is 34.5 Å². The number of hydrogen-bond acceptors (Lipinski definition) is 13. The number of nitrogens with zero attached hydrogens (tertiary/aromatic N) is 2. The summed E-state index contributed by atoms with van der Waals surface area (Å²) in [6, 6.07) is 6.90. The van der Waals surface area contributed by atoms with E-state index in [-0.39, 0.29) is 62.6 Å². The molecular weight excluding hydrogens is 897 g/mol. The van der Waals surface area contributed by atoms with Gasteiger partial charge in [-0.15, -0.1) is 13.2 Å². The minimum absolute atomic E-state index is 0.0308. The van der Waals surface area contributed by atoms with Crippen LogP contribution in [0.5, 0.6) is 5.75 Å². The number of cyclic esters (lactones) is 1. The number of carbonyl (C=O) groups is 4. The quantitative estimate of drug-likeness (QED) is 0.121. The third kappa shape index (κ3) is 12.2. The Hall–Kier alpha value is -4.48. The number of piperidine rings is 1. The first-order valence-electron chi connectivity index (χ1n) is 25.2. The van der Waals surface area contributed by atoms with Crippen molar-refractivity contribution in [1.29, 1.82) is 0 Å². The largest absolute Gasteiger partial charge is 0.488 e. The maximum absolute atomic E-state index is 14.6.